The molecule has 0 aliphatic heterocycles. The zero-order chi connectivity index (χ0) is 23.9. The summed E-state index contributed by atoms with van der Waals surface area (Å²) >= 11 is 0. The number of carbonyl (C=O) groups excluding carboxylic acids is 1. The highest BCUT2D eigenvalue weighted by molar-refractivity contribution is 5.89. The standard InChI is InChI=1S/C27H28N4O3/c1-19-14-15-21(18-33-3)16-22(19)17-28-27(32)29-25-20(2)26(34-24-12-8-5-9-13-24)30-31(25)23-10-6-4-7-11-23/h4-16H,17-18H2,1-3H3,(H2,28,29,32). The molecule has 0 aliphatic rings. The van der Waals surface area contributed by atoms with Gasteiger partial charge in [-0.2, -0.15) is 0 Å². The predicted molar refractivity (Wildman–Crippen MR) is 133 cm³/mol. The van der Waals surface area contributed by atoms with Gasteiger partial charge in [0.1, 0.15) is 11.6 Å². The summed E-state index contributed by atoms with van der Waals surface area (Å²) in [6, 6.07) is 24.8. The number of hydrogen-bond acceptors (Lipinski definition) is 4. The number of para-hydroxylation sites is 2. The summed E-state index contributed by atoms with van der Waals surface area (Å²) in [6.45, 7) is 4.81. The molecule has 4 rings (SSSR count). The molecule has 0 atom stereocenters. The van der Waals surface area contributed by atoms with Gasteiger partial charge in [0.2, 0.25) is 5.88 Å². The van der Waals surface area contributed by atoms with Crippen molar-refractivity contribution < 1.29 is 14.3 Å². The van der Waals surface area contributed by atoms with Crippen LogP contribution in [0.4, 0.5) is 10.6 Å². The van der Waals surface area contributed by atoms with E-state index in [9.17, 15) is 4.79 Å². The molecule has 3 aromatic carbocycles. The summed E-state index contributed by atoms with van der Waals surface area (Å²) in [5, 5.41) is 10.5. The van der Waals surface area contributed by atoms with E-state index in [1.165, 1.54) is 0 Å². The maximum Gasteiger partial charge on any atom is 0.320 e. The largest absolute Gasteiger partial charge is 0.437 e. The number of benzene rings is 3. The number of rotatable bonds is 8. The number of methoxy groups -OCH3 is 1. The first-order chi connectivity index (χ1) is 16.5. The van der Waals surface area contributed by atoms with Crippen molar-refractivity contribution in [3.05, 3.63) is 101 Å². The third-order valence-corrected chi connectivity index (χ3v) is 5.43. The Morgan fingerprint density at radius 3 is 2.38 bits per heavy atom. The van der Waals surface area contributed by atoms with Crippen LogP contribution >= 0.6 is 0 Å². The molecule has 174 valence electrons. The van der Waals surface area contributed by atoms with Crippen LogP contribution in [-0.2, 0) is 17.9 Å². The van der Waals surface area contributed by atoms with E-state index in [4.69, 9.17) is 9.47 Å². The molecule has 0 saturated heterocycles. The van der Waals surface area contributed by atoms with Crippen molar-refractivity contribution in [2.24, 2.45) is 0 Å². The molecule has 2 amide bonds. The number of nitrogens with one attached hydrogen (secondary N) is 2. The topological polar surface area (TPSA) is 77.4 Å². The van der Waals surface area contributed by atoms with Crippen molar-refractivity contribution in [1.29, 1.82) is 0 Å². The minimum absolute atomic E-state index is 0.331. The van der Waals surface area contributed by atoms with E-state index in [0.717, 1.165) is 27.9 Å². The number of ether oxygens (including phenoxy) is 2. The van der Waals surface area contributed by atoms with Gasteiger partial charge >= 0.3 is 6.03 Å². The molecular weight excluding hydrogens is 428 g/mol. The molecule has 0 aliphatic carbocycles. The van der Waals surface area contributed by atoms with E-state index in [1.54, 1.807) is 11.8 Å². The van der Waals surface area contributed by atoms with Crippen molar-refractivity contribution >= 4 is 11.8 Å². The van der Waals surface area contributed by atoms with Gasteiger partial charge in [0.15, 0.2) is 0 Å². The lowest BCUT2D eigenvalue weighted by Crippen LogP contribution is -2.29. The predicted octanol–water partition coefficient (Wildman–Crippen LogP) is 5.75. The molecule has 0 bridgehead atoms. The van der Waals surface area contributed by atoms with Crippen LogP contribution < -0.4 is 15.4 Å². The number of aryl methyl sites for hydroxylation is 1. The summed E-state index contributed by atoms with van der Waals surface area (Å²) in [5.41, 5.74) is 4.73. The SMILES string of the molecule is COCc1ccc(C)c(CNC(=O)Nc2c(C)c(Oc3ccccc3)nn2-c2ccccc2)c1. The first-order valence-electron chi connectivity index (χ1n) is 11.1. The fourth-order valence-corrected chi connectivity index (χ4v) is 3.57. The van der Waals surface area contributed by atoms with Gasteiger partial charge in [-0.25, -0.2) is 9.48 Å². The lowest BCUT2D eigenvalue weighted by Gasteiger charge is -2.13. The van der Waals surface area contributed by atoms with Crippen LogP contribution in [0.25, 0.3) is 5.69 Å². The second-order valence-corrected chi connectivity index (χ2v) is 7.94. The van der Waals surface area contributed by atoms with Gasteiger partial charge in [0.25, 0.3) is 0 Å². The summed E-state index contributed by atoms with van der Waals surface area (Å²) in [5.74, 6) is 1.64. The maximum absolute atomic E-state index is 12.9. The summed E-state index contributed by atoms with van der Waals surface area (Å²) in [7, 11) is 1.67. The number of aromatic nitrogens is 2. The smallest absolute Gasteiger partial charge is 0.320 e. The highest BCUT2D eigenvalue weighted by Crippen LogP contribution is 2.31. The van der Waals surface area contributed by atoms with E-state index in [1.807, 2.05) is 92.7 Å². The number of carbonyl (C=O) groups is 1. The monoisotopic (exact) mass is 456 g/mol. The molecule has 0 radical (unpaired) electrons. The fraction of sp³-hybridized carbons (Fsp3) is 0.185. The first-order valence-corrected chi connectivity index (χ1v) is 11.1. The first kappa shape index (κ1) is 23.1. The third kappa shape index (κ3) is 5.44. The Morgan fingerprint density at radius 2 is 1.68 bits per heavy atom. The molecular formula is C27H28N4O3. The Bertz CT molecular complexity index is 1250. The molecule has 0 saturated carbocycles. The van der Waals surface area contributed by atoms with Crippen LogP contribution in [-0.4, -0.2) is 22.9 Å². The second-order valence-electron chi connectivity index (χ2n) is 7.94. The fourth-order valence-electron chi connectivity index (χ4n) is 3.57. The average molecular weight is 457 g/mol. The molecule has 1 heterocycles. The molecule has 2 N–H and O–H groups in total. The number of hydrogen-bond donors (Lipinski definition) is 2. The van der Waals surface area contributed by atoms with E-state index < -0.39 is 0 Å². The van der Waals surface area contributed by atoms with Crippen LogP contribution in [0.2, 0.25) is 0 Å². The Kier molecular flexibility index (Phi) is 7.25. The van der Waals surface area contributed by atoms with Gasteiger partial charge in [-0.1, -0.05) is 54.6 Å². The molecule has 4 aromatic rings. The van der Waals surface area contributed by atoms with Crippen LogP contribution in [0.1, 0.15) is 22.3 Å². The number of anilines is 1. The lowest BCUT2D eigenvalue weighted by molar-refractivity contribution is 0.185. The Morgan fingerprint density at radius 1 is 0.971 bits per heavy atom. The van der Waals surface area contributed by atoms with Crippen LogP contribution in [0, 0.1) is 13.8 Å². The summed E-state index contributed by atoms with van der Waals surface area (Å²) < 4.78 is 12.9. The van der Waals surface area contributed by atoms with Crippen LogP contribution in [0.15, 0.2) is 78.9 Å². The maximum atomic E-state index is 12.9. The van der Waals surface area contributed by atoms with Gasteiger partial charge in [-0.3, -0.25) is 5.32 Å². The normalized spacial score (nSPS) is 10.7. The Hall–Kier alpha value is -4.10. The molecule has 34 heavy (non-hydrogen) atoms. The van der Waals surface area contributed by atoms with Crippen LogP contribution in [0.3, 0.4) is 0 Å². The molecule has 1 aromatic heterocycles. The van der Waals surface area contributed by atoms with E-state index in [2.05, 4.69) is 15.7 Å². The van der Waals surface area contributed by atoms with Gasteiger partial charge < -0.3 is 14.8 Å². The number of nitrogens with zero attached hydrogens (tertiary/aromatic N) is 2. The van der Waals surface area contributed by atoms with Gasteiger partial charge in [0, 0.05) is 13.7 Å². The minimum Gasteiger partial charge on any atom is -0.437 e. The van der Waals surface area contributed by atoms with E-state index >= 15 is 0 Å². The van der Waals surface area contributed by atoms with E-state index in [-0.39, 0.29) is 6.03 Å². The molecule has 0 fully saturated rings. The van der Waals surface area contributed by atoms with Crippen molar-refractivity contribution in [1.82, 2.24) is 15.1 Å². The minimum atomic E-state index is -0.331. The van der Waals surface area contributed by atoms with Gasteiger partial charge in [0.05, 0.1) is 17.9 Å². The van der Waals surface area contributed by atoms with Crippen molar-refractivity contribution in [3.8, 4) is 17.3 Å². The number of amides is 2. The van der Waals surface area contributed by atoms with Crippen molar-refractivity contribution in [2.45, 2.75) is 27.0 Å². The lowest BCUT2D eigenvalue weighted by atomic mass is 10.1. The zero-order valence-electron chi connectivity index (χ0n) is 19.5. The Labute approximate surface area is 199 Å². The van der Waals surface area contributed by atoms with Crippen LogP contribution in [0.5, 0.6) is 11.6 Å². The third-order valence-electron chi connectivity index (χ3n) is 5.43. The summed E-state index contributed by atoms with van der Waals surface area (Å²) in [4.78, 5) is 12.9. The quantitative estimate of drug-likeness (QED) is 0.354. The van der Waals surface area contributed by atoms with Crippen molar-refractivity contribution in [2.75, 3.05) is 12.4 Å². The average Bonchev–Trinajstić information content (AvgIpc) is 3.15. The summed E-state index contributed by atoms with van der Waals surface area (Å²) in [6.07, 6.45) is 0. The molecule has 0 spiro atoms. The highest BCUT2D eigenvalue weighted by atomic mass is 16.5. The number of urea groups is 1. The molecule has 0 unspecified atom stereocenters. The van der Waals surface area contributed by atoms with Gasteiger partial charge in [-0.15, -0.1) is 5.10 Å². The highest BCUT2D eigenvalue weighted by Gasteiger charge is 2.19. The zero-order valence-corrected chi connectivity index (χ0v) is 19.5. The Balaban J connectivity index is 1.55. The van der Waals surface area contributed by atoms with Crippen molar-refractivity contribution in [3.63, 3.8) is 0 Å². The molecule has 7 heteroatoms. The van der Waals surface area contributed by atoms with Gasteiger partial charge in [-0.05, 0) is 54.8 Å². The molecule has 7 nitrogen and oxygen atoms in total. The van der Waals surface area contributed by atoms with E-state index in [0.29, 0.717) is 30.6 Å². The second kappa shape index (κ2) is 10.7.